The average Bonchev–Trinajstić information content (AvgIpc) is 2.63. The average molecular weight is 208 g/mol. The summed E-state index contributed by atoms with van der Waals surface area (Å²) in [6, 6.07) is 1.28. The van der Waals surface area contributed by atoms with Crippen LogP contribution in [0.2, 0.25) is 0 Å². The third-order valence-corrected chi connectivity index (χ3v) is 2.61. The second-order valence-electron chi connectivity index (χ2n) is 4.01. The van der Waals surface area contributed by atoms with Gasteiger partial charge in [-0.25, -0.2) is 0 Å². The summed E-state index contributed by atoms with van der Waals surface area (Å²) in [6.45, 7) is 8.93. The molecule has 0 radical (unpaired) electrons. The minimum Gasteiger partial charge on any atom is -0.422 e. The predicted molar refractivity (Wildman–Crippen MR) is 60.7 cm³/mol. The number of quaternary nitrogens is 1. The largest absolute Gasteiger partial charge is 0.422 e. The second-order valence-corrected chi connectivity index (χ2v) is 4.01. The van der Waals surface area contributed by atoms with Crippen molar-refractivity contribution in [1.82, 2.24) is 0 Å². The van der Waals surface area contributed by atoms with Gasteiger partial charge in [0.05, 0.1) is 25.8 Å². The molecule has 1 rings (SSSR count). The molecule has 84 valence electrons. The number of nitriles is 1. The fraction of sp³-hybridized carbons (Fsp3) is 0.818. The number of nitrogens with one attached hydrogen (secondary N) is 1. The summed E-state index contributed by atoms with van der Waals surface area (Å²) in [5, 5.41) is 14.9. The Bertz CT molecular complexity index is 237. The van der Waals surface area contributed by atoms with Gasteiger partial charge in [-0.3, -0.25) is 0 Å². The van der Waals surface area contributed by atoms with Gasteiger partial charge in [0.25, 0.3) is 0 Å². The molecular weight excluding hydrogens is 188 g/mol. The summed E-state index contributed by atoms with van der Waals surface area (Å²) >= 11 is 0. The molecule has 0 aliphatic carbocycles. The Balaban J connectivity index is 0.000000336. The Morgan fingerprint density at radius 3 is 2.67 bits per heavy atom. The zero-order chi connectivity index (χ0) is 11.5. The van der Waals surface area contributed by atoms with E-state index in [0.29, 0.717) is 0 Å². The summed E-state index contributed by atoms with van der Waals surface area (Å²) in [5.74, 6) is 0.992. The quantitative estimate of drug-likeness (QED) is 0.544. The first-order valence-corrected chi connectivity index (χ1v) is 5.56. The molecule has 1 heterocycles. The van der Waals surface area contributed by atoms with Crippen molar-refractivity contribution in [2.45, 2.75) is 33.1 Å². The maximum Gasteiger partial charge on any atom is 0.0925 e. The highest BCUT2D eigenvalue weighted by Gasteiger charge is 2.20. The first kappa shape index (κ1) is 13.8. The molecule has 4 heteroatoms. The van der Waals surface area contributed by atoms with Crippen LogP contribution < -0.4 is 4.90 Å². The minimum absolute atomic E-state index is 0.992. The molecule has 1 fully saturated rings. The molecule has 0 spiro atoms. The zero-order valence-electron chi connectivity index (χ0n) is 9.66. The number of hydrogen-bond donors (Lipinski definition) is 1. The van der Waals surface area contributed by atoms with Gasteiger partial charge in [0, 0.05) is 12.3 Å². The lowest BCUT2D eigenvalue weighted by atomic mass is 10.2. The second kappa shape index (κ2) is 9.39. The summed E-state index contributed by atoms with van der Waals surface area (Å²) in [5.41, 5.74) is 0. The molecule has 1 aliphatic heterocycles. The number of unbranched alkanes of at least 4 members (excludes halogenated alkanes) is 1. The minimum atomic E-state index is 0.992. The fourth-order valence-electron chi connectivity index (χ4n) is 1.82. The van der Waals surface area contributed by atoms with Gasteiger partial charge < -0.3 is 15.3 Å². The van der Waals surface area contributed by atoms with E-state index in [-0.39, 0.29) is 0 Å². The molecule has 4 nitrogen and oxygen atoms in total. The first-order valence-electron chi connectivity index (χ1n) is 5.56. The van der Waals surface area contributed by atoms with Crippen molar-refractivity contribution in [3.63, 3.8) is 0 Å². The van der Waals surface area contributed by atoms with E-state index in [9.17, 15) is 0 Å². The van der Waals surface area contributed by atoms with Crippen molar-refractivity contribution in [1.29, 1.82) is 5.26 Å². The molecule has 0 aromatic rings. The van der Waals surface area contributed by atoms with Gasteiger partial charge in [-0.15, -0.1) is 6.01 Å². The van der Waals surface area contributed by atoms with E-state index in [2.05, 4.69) is 18.8 Å². The van der Waals surface area contributed by atoms with Crippen molar-refractivity contribution >= 4 is 6.01 Å². The van der Waals surface area contributed by atoms with E-state index < -0.39 is 0 Å². The topological polar surface area (TPSA) is 62.9 Å². The molecule has 0 amide bonds. The molecule has 0 aromatic heterocycles. The van der Waals surface area contributed by atoms with Crippen molar-refractivity contribution in [3.05, 3.63) is 5.41 Å². The highest BCUT2D eigenvalue weighted by molar-refractivity contribution is 5.46. The number of likely N-dealkylation sites (tertiary alicyclic amines) is 1. The first-order chi connectivity index (χ1) is 7.24. The van der Waals surface area contributed by atoms with Crippen LogP contribution in [0.5, 0.6) is 0 Å². The normalized spacial score (nSPS) is 23.3. The van der Waals surface area contributed by atoms with Gasteiger partial charge in [0.15, 0.2) is 0 Å². The van der Waals surface area contributed by atoms with Crippen LogP contribution in [0.15, 0.2) is 4.99 Å². The molecule has 0 saturated carbocycles. The monoisotopic (exact) mass is 208 g/mol. The Morgan fingerprint density at radius 2 is 2.33 bits per heavy atom. The molecule has 0 bridgehead atoms. The Hall–Kier alpha value is -1.17. The molecule has 2 unspecified atom stereocenters. The maximum absolute atomic E-state index is 7.43. The number of aliphatic imine (C=N–C) groups is 1. The van der Waals surface area contributed by atoms with Crippen LogP contribution in [0.3, 0.4) is 0 Å². The number of hydrogen-bond acceptors (Lipinski definition) is 2. The number of nitrogens with zero attached hydrogens (tertiary/aromatic N) is 3. The maximum atomic E-state index is 7.43. The van der Waals surface area contributed by atoms with Gasteiger partial charge in [0.1, 0.15) is 0 Å². The summed E-state index contributed by atoms with van der Waals surface area (Å²) < 4.78 is 0. The van der Waals surface area contributed by atoms with E-state index in [1.807, 2.05) is 4.90 Å². The van der Waals surface area contributed by atoms with Crippen LogP contribution in [0, 0.1) is 17.4 Å². The third-order valence-electron chi connectivity index (χ3n) is 2.61. The molecular formula is C11H20N4. The highest BCUT2D eigenvalue weighted by Crippen LogP contribution is 2.00. The van der Waals surface area contributed by atoms with E-state index in [1.165, 1.54) is 51.1 Å². The Morgan fingerprint density at radius 1 is 1.60 bits per heavy atom. The van der Waals surface area contributed by atoms with E-state index in [1.54, 1.807) is 0 Å². The van der Waals surface area contributed by atoms with Crippen LogP contribution in [-0.4, -0.2) is 25.6 Å². The van der Waals surface area contributed by atoms with Gasteiger partial charge in [-0.05, 0) is 6.42 Å². The SMILES string of the molecule is CCCC[NH+]1CCC(C)C1.N#CN=C=[N-]. The summed E-state index contributed by atoms with van der Waals surface area (Å²) in [7, 11) is 0. The molecule has 1 N–H and O–H groups in total. The smallest absolute Gasteiger partial charge is 0.0925 e. The van der Waals surface area contributed by atoms with Crippen LogP contribution >= 0.6 is 0 Å². The molecule has 2 atom stereocenters. The third kappa shape index (κ3) is 7.87. The van der Waals surface area contributed by atoms with Crippen molar-refractivity contribution in [2.24, 2.45) is 10.9 Å². The zero-order valence-corrected chi connectivity index (χ0v) is 9.66. The number of rotatable bonds is 3. The Kier molecular flexibility index (Phi) is 8.66. The highest BCUT2D eigenvalue weighted by atomic mass is 15.1. The van der Waals surface area contributed by atoms with Gasteiger partial charge in [0.2, 0.25) is 0 Å². The lowest BCUT2D eigenvalue weighted by Crippen LogP contribution is -3.10. The van der Waals surface area contributed by atoms with Crippen molar-refractivity contribution in [2.75, 3.05) is 19.6 Å². The molecule has 1 saturated heterocycles. The van der Waals surface area contributed by atoms with Gasteiger partial charge >= 0.3 is 0 Å². The van der Waals surface area contributed by atoms with Crippen LogP contribution in [0.1, 0.15) is 33.1 Å². The summed E-state index contributed by atoms with van der Waals surface area (Å²) in [4.78, 5) is 4.43. The van der Waals surface area contributed by atoms with Crippen LogP contribution in [0.25, 0.3) is 5.41 Å². The Labute approximate surface area is 92.1 Å². The van der Waals surface area contributed by atoms with E-state index in [0.717, 1.165) is 5.92 Å². The predicted octanol–water partition coefficient (Wildman–Crippen LogP) is 0.922. The van der Waals surface area contributed by atoms with Crippen LogP contribution in [-0.2, 0) is 0 Å². The van der Waals surface area contributed by atoms with Gasteiger partial charge in [-0.2, -0.15) is 5.26 Å². The van der Waals surface area contributed by atoms with E-state index in [4.69, 9.17) is 10.7 Å². The lowest BCUT2D eigenvalue weighted by molar-refractivity contribution is -0.889. The molecule has 15 heavy (non-hydrogen) atoms. The molecule has 1 aliphatic rings. The lowest BCUT2D eigenvalue weighted by Gasteiger charge is -2.10. The fourth-order valence-corrected chi connectivity index (χ4v) is 1.82. The van der Waals surface area contributed by atoms with Crippen LogP contribution in [0.4, 0.5) is 0 Å². The van der Waals surface area contributed by atoms with Gasteiger partial charge in [-0.1, -0.05) is 20.3 Å². The van der Waals surface area contributed by atoms with Crippen molar-refractivity contribution in [3.8, 4) is 6.19 Å². The van der Waals surface area contributed by atoms with Crippen molar-refractivity contribution < 1.29 is 4.90 Å². The molecule has 0 aromatic carbocycles. The summed E-state index contributed by atoms with van der Waals surface area (Å²) in [6.07, 6.45) is 5.52. The van der Waals surface area contributed by atoms with E-state index >= 15 is 0 Å². The standard InChI is InChI=1S/C9H19N.C2N3/c1-3-4-6-10-7-5-9(2)8-10;3-1-5-2-4/h9H,3-8H2,1-2H3;/q;-1/p+1.